The highest BCUT2D eigenvalue weighted by Gasteiger charge is 2.26. The minimum absolute atomic E-state index is 0.162. The Morgan fingerprint density at radius 3 is 2.32 bits per heavy atom. The Kier molecular flexibility index (Phi) is 6.38. The lowest BCUT2D eigenvalue weighted by atomic mass is 10.2. The second kappa shape index (κ2) is 8.30. The fraction of sp³-hybridized carbons (Fsp3) is 0.500. The number of rotatable bonds is 5. The number of carbonyl (C=O) groups is 2. The van der Waals surface area contributed by atoms with Gasteiger partial charge >= 0.3 is 6.09 Å². The second-order valence-electron chi connectivity index (χ2n) is 5.66. The summed E-state index contributed by atoms with van der Waals surface area (Å²) < 4.78 is 31.9. The summed E-state index contributed by atoms with van der Waals surface area (Å²) >= 11 is 0. The fourth-order valence-electron chi connectivity index (χ4n) is 2.56. The first-order valence-electron chi connectivity index (χ1n) is 8.10. The number of ether oxygens (including phenoxy) is 1. The molecule has 0 aromatic heterocycles. The van der Waals surface area contributed by atoms with Gasteiger partial charge in [-0.05, 0) is 25.5 Å². The highest BCUT2D eigenvalue weighted by molar-refractivity contribution is 7.89. The van der Waals surface area contributed by atoms with Crippen LogP contribution in [-0.2, 0) is 19.6 Å². The van der Waals surface area contributed by atoms with E-state index in [9.17, 15) is 18.0 Å². The Balaban J connectivity index is 1.87. The molecule has 8 nitrogen and oxygen atoms in total. The summed E-state index contributed by atoms with van der Waals surface area (Å²) in [5.41, 5.74) is 0.616. The van der Waals surface area contributed by atoms with E-state index in [0.717, 1.165) is 0 Å². The fourth-order valence-corrected chi connectivity index (χ4v) is 3.78. The van der Waals surface area contributed by atoms with E-state index in [0.29, 0.717) is 38.3 Å². The maximum atomic E-state index is 12.3. The zero-order valence-electron chi connectivity index (χ0n) is 14.4. The van der Waals surface area contributed by atoms with Crippen LogP contribution in [0, 0.1) is 6.92 Å². The lowest BCUT2D eigenvalue weighted by Crippen LogP contribution is -2.52. The number of hydrogen-bond donors (Lipinski definition) is 1. The van der Waals surface area contributed by atoms with E-state index in [-0.39, 0.29) is 17.3 Å². The van der Waals surface area contributed by atoms with Crippen LogP contribution in [0.25, 0.3) is 0 Å². The molecular weight excluding hydrogens is 346 g/mol. The number of amides is 2. The first kappa shape index (κ1) is 19.2. The Labute approximate surface area is 147 Å². The van der Waals surface area contributed by atoms with Crippen LogP contribution in [0.1, 0.15) is 12.5 Å². The molecule has 1 saturated heterocycles. The third-order valence-electron chi connectivity index (χ3n) is 3.95. The number of aryl methyl sites for hydroxylation is 1. The topological polar surface area (TPSA) is 96.0 Å². The van der Waals surface area contributed by atoms with Gasteiger partial charge in [0.1, 0.15) is 0 Å². The smallest absolute Gasteiger partial charge is 0.409 e. The number of carbonyl (C=O) groups excluding carboxylic acids is 2. The van der Waals surface area contributed by atoms with E-state index in [1.165, 1.54) is 15.9 Å². The summed E-state index contributed by atoms with van der Waals surface area (Å²) in [6, 6.07) is 6.59. The van der Waals surface area contributed by atoms with Gasteiger partial charge in [-0.2, -0.15) is 0 Å². The summed E-state index contributed by atoms with van der Waals surface area (Å²) in [6.45, 7) is 4.87. The summed E-state index contributed by atoms with van der Waals surface area (Å²) in [5, 5.41) is 0. The number of benzene rings is 1. The standard InChI is InChI=1S/C16H23N3O5S/c1-3-24-16(21)19-10-8-18(9-11-19)15(20)12-17-25(22,23)14-7-5-4-6-13(14)2/h4-7,17H,3,8-12H2,1-2H3. The number of nitrogens with zero attached hydrogens (tertiary/aromatic N) is 2. The molecule has 0 spiro atoms. The van der Waals surface area contributed by atoms with Crippen LogP contribution in [0.4, 0.5) is 4.79 Å². The maximum Gasteiger partial charge on any atom is 0.409 e. The minimum atomic E-state index is -3.74. The van der Waals surface area contributed by atoms with Crippen LogP contribution in [0.2, 0.25) is 0 Å². The van der Waals surface area contributed by atoms with Crippen molar-refractivity contribution in [1.82, 2.24) is 14.5 Å². The number of hydrogen-bond acceptors (Lipinski definition) is 5. The van der Waals surface area contributed by atoms with Gasteiger partial charge in [-0.3, -0.25) is 4.79 Å². The first-order valence-corrected chi connectivity index (χ1v) is 9.58. The Bertz CT molecular complexity index is 727. The van der Waals surface area contributed by atoms with Crippen LogP contribution >= 0.6 is 0 Å². The maximum absolute atomic E-state index is 12.3. The van der Waals surface area contributed by atoms with Gasteiger partial charge in [0.15, 0.2) is 0 Å². The van der Waals surface area contributed by atoms with Crippen molar-refractivity contribution in [2.45, 2.75) is 18.7 Å². The summed E-state index contributed by atoms with van der Waals surface area (Å²) in [4.78, 5) is 27.1. The molecule has 2 rings (SSSR count). The Morgan fingerprint density at radius 2 is 1.72 bits per heavy atom. The van der Waals surface area contributed by atoms with Crippen molar-refractivity contribution in [2.24, 2.45) is 0 Å². The van der Waals surface area contributed by atoms with Gasteiger partial charge in [0.25, 0.3) is 0 Å². The van der Waals surface area contributed by atoms with E-state index < -0.39 is 16.1 Å². The molecule has 1 fully saturated rings. The van der Waals surface area contributed by atoms with Gasteiger partial charge in [0.05, 0.1) is 18.0 Å². The van der Waals surface area contributed by atoms with Gasteiger partial charge in [-0.25, -0.2) is 17.9 Å². The molecular formula is C16H23N3O5S. The lowest BCUT2D eigenvalue weighted by Gasteiger charge is -2.34. The van der Waals surface area contributed by atoms with Crippen LogP contribution in [0.3, 0.4) is 0 Å². The van der Waals surface area contributed by atoms with Crippen molar-refractivity contribution < 1.29 is 22.7 Å². The van der Waals surface area contributed by atoms with Crippen LogP contribution in [0.5, 0.6) is 0 Å². The largest absolute Gasteiger partial charge is 0.450 e. The summed E-state index contributed by atoms with van der Waals surface area (Å²) in [6.07, 6.45) is -0.394. The molecule has 25 heavy (non-hydrogen) atoms. The normalized spacial score (nSPS) is 15.1. The summed E-state index contributed by atoms with van der Waals surface area (Å²) in [7, 11) is -3.74. The minimum Gasteiger partial charge on any atom is -0.450 e. The van der Waals surface area contributed by atoms with E-state index in [1.54, 1.807) is 32.0 Å². The van der Waals surface area contributed by atoms with Crippen LogP contribution < -0.4 is 4.72 Å². The average Bonchev–Trinajstić information content (AvgIpc) is 2.60. The second-order valence-corrected chi connectivity index (χ2v) is 7.39. The van der Waals surface area contributed by atoms with Crippen LogP contribution in [0.15, 0.2) is 29.2 Å². The van der Waals surface area contributed by atoms with E-state index >= 15 is 0 Å². The zero-order valence-corrected chi connectivity index (χ0v) is 15.2. The molecule has 0 bridgehead atoms. The lowest BCUT2D eigenvalue weighted by molar-refractivity contribution is -0.131. The van der Waals surface area contributed by atoms with Gasteiger partial charge in [0.2, 0.25) is 15.9 Å². The van der Waals surface area contributed by atoms with Gasteiger partial charge in [-0.1, -0.05) is 18.2 Å². The van der Waals surface area contributed by atoms with Crippen molar-refractivity contribution in [3.63, 3.8) is 0 Å². The third kappa shape index (κ3) is 4.93. The monoisotopic (exact) mass is 369 g/mol. The van der Waals surface area contributed by atoms with Crippen molar-refractivity contribution in [2.75, 3.05) is 39.3 Å². The zero-order chi connectivity index (χ0) is 18.4. The highest BCUT2D eigenvalue weighted by Crippen LogP contribution is 2.13. The molecule has 1 heterocycles. The predicted octanol–water partition coefficient (Wildman–Crippen LogP) is 0.574. The molecule has 1 aliphatic heterocycles. The number of nitrogens with one attached hydrogen (secondary N) is 1. The molecule has 1 N–H and O–H groups in total. The SMILES string of the molecule is CCOC(=O)N1CCN(C(=O)CNS(=O)(=O)c2ccccc2C)CC1. The van der Waals surface area contributed by atoms with Gasteiger partial charge in [0, 0.05) is 26.2 Å². The molecule has 0 aliphatic carbocycles. The van der Waals surface area contributed by atoms with Crippen molar-refractivity contribution in [3.8, 4) is 0 Å². The molecule has 2 amide bonds. The van der Waals surface area contributed by atoms with Crippen LogP contribution in [-0.4, -0.2) is 69.5 Å². The average molecular weight is 369 g/mol. The summed E-state index contributed by atoms with van der Waals surface area (Å²) in [5.74, 6) is -0.319. The van der Waals surface area contributed by atoms with Crippen molar-refractivity contribution in [3.05, 3.63) is 29.8 Å². The molecule has 0 radical (unpaired) electrons. The molecule has 0 atom stereocenters. The molecule has 9 heteroatoms. The van der Waals surface area contributed by atoms with Gasteiger partial charge < -0.3 is 14.5 Å². The highest BCUT2D eigenvalue weighted by atomic mass is 32.2. The number of piperazine rings is 1. The van der Waals surface area contributed by atoms with E-state index in [4.69, 9.17) is 4.74 Å². The first-order chi connectivity index (χ1) is 11.8. The predicted molar refractivity (Wildman–Crippen MR) is 91.5 cm³/mol. The molecule has 1 aromatic carbocycles. The number of sulfonamides is 1. The van der Waals surface area contributed by atoms with Crippen molar-refractivity contribution in [1.29, 1.82) is 0 Å². The quantitative estimate of drug-likeness (QED) is 0.819. The molecule has 138 valence electrons. The molecule has 1 aliphatic rings. The Morgan fingerprint density at radius 1 is 1.12 bits per heavy atom. The molecule has 1 aromatic rings. The molecule has 0 unspecified atom stereocenters. The van der Waals surface area contributed by atoms with E-state index in [2.05, 4.69) is 4.72 Å². The van der Waals surface area contributed by atoms with Gasteiger partial charge in [-0.15, -0.1) is 0 Å². The molecule has 0 saturated carbocycles. The van der Waals surface area contributed by atoms with E-state index in [1.807, 2.05) is 0 Å². The third-order valence-corrected chi connectivity index (χ3v) is 5.52. The Hall–Kier alpha value is -2.13. The van der Waals surface area contributed by atoms with Crippen molar-refractivity contribution >= 4 is 22.0 Å².